The van der Waals surface area contributed by atoms with E-state index >= 15 is 0 Å². The Morgan fingerprint density at radius 2 is 2.11 bits per heavy atom. The molecule has 1 unspecified atom stereocenters. The third kappa shape index (κ3) is 3.04. The number of anilines is 1. The summed E-state index contributed by atoms with van der Waals surface area (Å²) in [7, 11) is 0. The molecule has 0 radical (unpaired) electrons. The van der Waals surface area contributed by atoms with Gasteiger partial charge in [-0.25, -0.2) is 4.52 Å². The number of aryl methyl sites for hydroxylation is 1. The van der Waals surface area contributed by atoms with Crippen LogP contribution in [0.25, 0.3) is 5.65 Å². The molecule has 2 aromatic heterocycles. The summed E-state index contributed by atoms with van der Waals surface area (Å²) in [5.74, 6) is 0.894. The van der Waals surface area contributed by atoms with Gasteiger partial charge in [0.15, 0.2) is 5.65 Å². The highest BCUT2D eigenvalue weighted by Gasteiger charge is 2.16. The predicted octanol–water partition coefficient (Wildman–Crippen LogP) is 2.25. The van der Waals surface area contributed by atoms with Gasteiger partial charge in [0, 0.05) is 12.7 Å². The molecule has 0 spiro atoms. The zero-order valence-electron chi connectivity index (χ0n) is 11.8. The molecular weight excluding hydrogens is 240 g/mol. The summed E-state index contributed by atoms with van der Waals surface area (Å²) < 4.78 is 1.75. The van der Waals surface area contributed by atoms with Gasteiger partial charge in [0.25, 0.3) is 0 Å². The first-order chi connectivity index (χ1) is 9.15. The molecule has 0 bridgehead atoms. The highest BCUT2D eigenvalue weighted by Crippen LogP contribution is 2.14. The number of hydrogen-bond donors (Lipinski definition) is 2. The largest absolute Gasteiger partial charge is 0.391 e. The molecule has 0 aliphatic carbocycles. The normalized spacial score (nSPS) is 13.1. The first kappa shape index (κ1) is 13.8. The fourth-order valence-corrected chi connectivity index (χ4v) is 2.31. The van der Waals surface area contributed by atoms with Crippen molar-refractivity contribution in [2.24, 2.45) is 5.92 Å². The minimum Gasteiger partial charge on any atom is -0.391 e. The second-order valence-electron chi connectivity index (χ2n) is 4.92. The van der Waals surface area contributed by atoms with E-state index in [2.05, 4.69) is 29.2 Å². The van der Waals surface area contributed by atoms with Crippen molar-refractivity contribution in [3.8, 4) is 0 Å². The maximum atomic E-state index is 10.1. The van der Waals surface area contributed by atoms with Crippen LogP contribution >= 0.6 is 0 Å². The molecule has 2 heterocycles. The number of rotatable bonds is 6. The SMILES string of the molecule is CCC(CC)C(O)CNc1nc2c(C)cccn2n1. The number of hydrogen-bond acceptors (Lipinski definition) is 4. The molecule has 0 aliphatic rings. The predicted molar refractivity (Wildman–Crippen MR) is 76.3 cm³/mol. The highest BCUT2D eigenvalue weighted by molar-refractivity contribution is 5.49. The molecule has 2 N–H and O–H groups in total. The van der Waals surface area contributed by atoms with Crippen LogP contribution in [0.2, 0.25) is 0 Å². The van der Waals surface area contributed by atoms with E-state index in [1.54, 1.807) is 4.52 Å². The molecule has 0 aliphatic heterocycles. The van der Waals surface area contributed by atoms with Gasteiger partial charge in [-0.05, 0) is 24.5 Å². The molecule has 0 saturated carbocycles. The van der Waals surface area contributed by atoms with Crippen LogP contribution in [-0.4, -0.2) is 32.4 Å². The lowest BCUT2D eigenvalue weighted by molar-refractivity contribution is 0.114. The zero-order chi connectivity index (χ0) is 13.8. The van der Waals surface area contributed by atoms with E-state index in [0.717, 1.165) is 24.1 Å². The molecule has 104 valence electrons. The third-order valence-corrected chi connectivity index (χ3v) is 3.62. The van der Waals surface area contributed by atoms with Crippen molar-refractivity contribution in [3.05, 3.63) is 23.9 Å². The Balaban J connectivity index is 2.04. The molecule has 5 heteroatoms. The van der Waals surface area contributed by atoms with Gasteiger partial charge in [-0.1, -0.05) is 32.8 Å². The minimum atomic E-state index is -0.359. The fourth-order valence-electron chi connectivity index (χ4n) is 2.31. The first-order valence-electron chi connectivity index (χ1n) is 6.89. The van der Waals surface area contributed by atoms with Gasteiger partial charge in [0.1, 0.15) is 0 Å². The number of aliphatic hydroxyl groups is 1. The molecule has 0 saturated heterocycles. The number of aromatic nitrogens is 3. The van der Waals surface area contributed by atoms with Crippen LogP contribution in [0.15, 0.2) is 18.3 Å². The lowest BCUT2D eigenvalue weighted by Gasteiger charge is -2.19. The van der Waals surface area contributed by atoms with Crippen molar-refractivity contribution >= 4 is 11.6 Å². The monoisotopic (exact) mass is 262 g/mol. The van der Waals surface area contributed by atoms with Gasteiger partial charge in [0.05, 0.1) is 6.10 Å². The molecule has 0 amide bonds. The van der Waals surface area contributed by atoms with Crippen molar-refractivity contribution in [2.45, 2.75) is 39.7 Å². The van der Waals surface area contributed by atoms with E-state index in [0.29, 0.717) is 18.4 Å². The van der Waals surface area contributed by atoms with Gasteiger partial charge in [-0.2, -0.15) is 4.98 Å². The van der Waals surface area contributed by atoms with Crippen LogP contribution in [0, 0.1) is 12.8 Å². The second kappa shape index (κ2) is 6.02. The van der Waals surface area contributed by atoms with Crippen molar-refractivity contribution in [2.75, 3.05) is 11.9 Å². The molecule has 0 aromatic carbocycles. The first-order valence-corrected chi connectivity index (χ1v) is 6.89. The highest BCUT2D eigenvalue weighted by atomic mass is 16.3. The quantitative estimate of drug-likeness (QED) is 0.838. The Labute approximate surface area is 113 Å². The van der Waals surface area contributed by atoms with Crippen LogP contribution in [0.3, 0.4) is 0 Å². The van der Waals surface area contributed by atoms with Gasteiger partial charge in [0.2, 0.25) is 5.95 Å². The number of pyridine rings is 1. The van der Waals surface area contributed by atoms with E-state index in [-0.39, 0.29) is 6.10 Å². The summed E-state index contributed by atoms with van der Waals surface area (Å²) in [6.07, 6.45) is 3.48. The molecule has 5 nitrogen and oxygen atoms in total. The minimum absolute atomic E-state index is 0.325. The number of nitrogens with zero attached hydrogens (tertiary/aromatic N) is 3. The summed E-state index contributed by atoms with van der Waals surface area (Å²) in [4.78, 5) is 4.42. The summed E-state index contributed by atoms with van der Waals surface area (Å²) in [5.41, 5.74) is 1.94. The van der Waals surface area contributed by atoms with Crippen molar-refractivity contribution < 1.29 is 5.11 Å². The fraction of sp³-hybridized carbons (Fsp3) is 0.571. The second-order valence-corrected chi connectivity index (χ2v) is 4.92. The maximum Gasteiger partial charge on any atom is 0.243 e. The van der Waals surface area contributed by atoms with Crippen LogP contribution in [0.1, 0.15) is 32.3 Å². The standard InChI is InChI=1S/C14H22N4O/c1-4-11(5-2)12(19)9-15-14-16-13-10(3)7-6-8-18(13)17-14/h6-8,11-12,19H,4-5,9H2,1-3H3,(H,15,17). The van der Waals surface area contributed by atoms with Gasteiger partial charge in [-0.15, -0.1) is 5.10 Å². The third-order valence-electron chi connectivity index (χ3n) is 3.62. The van der Waals surface area contributed by atoms with E-state index < -0.39 is 0 Å². The average molecular weight is 262 g/mol. The van der Waals surface area contributed by atoms with E-state index in [4.69, 9.17) is 0 Å². The Morgan fingerprint density at radius 3 is 2.74 bits per heavy atom. The van der Waals surface area contributed by atoms with Crippen LogP contribution < -0.4 is 5.32 Å². The van der Waals surface area contributed by atoms with E-state index in [1.165, 1.54) is 0 Å². The number of fused-ring (bicyclic) bond motifs is 1. The summed E-state index contributed by atoms with van der Waals surface area (Å²) in [6, 6.07) is 3.95. The zero-order valence-corrected chi connectivity index (χ0v) is 11.8. The Hall–Kier alpha value is -1.62. The van der Waals surface area contributed by atoms with Crippen molar-refractivity contribution in [1.29, 1.82) is 0 Å². The molecular formula is C14H22N4O. The molecule has 0 fully saturated rings. The van der Waals surface area contributed by atoms with Crippen LogP contribution in [0.4, 0.5) is 5.95 Å². The van der Waals surface area contributed by atoms with E-state index in [1.807, 2.05) is 25.3 Å². The van der Waals surface area contributed by atoms with Gasteiger partial charge >= 0.3 is 0 Å². The average Bonchev–Trinajstić information content (AvgIpc) is 2.82. The van der Waals surface area contributed by atoms with Crippen LogP contribution in [0.5, 0.6) is 0 Å². The summed E-state index contributed by atoms with van der Waals surface area (Å²) >= 11 is 0. The summed E-state index contributed by atoms with van der Waals surface area (Å²) in [5, 5.41) is 17.5. The lowest BCUT2D eigenvalue weighted by Crippen LogP contribution is -2.28. The van der Waals surface area contributed by atoms with Crippen molar-refractivity contribution in [3.63, 3.8) is 0 Å². The molecule has 2 aromatic rings. The molecule has 2 rings (SSSR count). The van der Waals surface area contributed by atoms with E-state index in [9.17, 15) is 5.11 Å². The lowest BCUT2D eigenvalue weighted by atomic mass is 9.97. The Kier molecular flexibility index (Phi) is 4.37. The number of nitrogens with one attached hydrogen (secondary N) is 1. The van der Waals surface area contributed by atoms with Gasteiger partial charge in [-0.3, -0.25) is 0 Å². The van der Waals surface area contributed by atoms with Crippen LogP contribution in [-0.2, 0) is 0 Å². The topological polar surface area (TPSA) is 62.5 Å². The smallest absolute Gasteiger partial charge is 0.243 e. The maximum absolute atomic E-state index is 10.1. The Morgan fingerprint density at radius 1 is 1.37 bits per heavy atom. The summed E-state index contributed by atoms with van der Waals surface area (Å²) in [6.45, 7) is 6.70. The van der Waals surface area contributed by atoms with Crippen molar-refractivity contribution in [1.82, 2.24) is 14.6 Å². The molecule has 1 atom stereocenters. The Bertz CT molecular complexity index is 533. The number of aliphatic hydroxyl groups excluding tert-OH is 1. The van der Waals surface area contributed by atoms with Gasteiger partial charge < -0.3 is 10.4 Å². The molecule has 19 heavy (non-hydrogen) atoms.